The standard InChI is InChI=1S/C13H20N2O3S/c1-13(2,19-4)9-14-8-10-7-11(15(16)17)5-6-12(10)18-3/h5-7,14H,8-9H2,1-4H3. The number of benzene rings is 1. The van der Waals surface area contributed by atoms with E-state index in [2.05, 4.69) is 25.4 Å². The van der Waals surface area contributed by atoms with E-state index in [0.717, 1.165) is 12.1 Å². The average Bonchev–Trinajstić information content (AvgIpc) is 2.38. The van der Waals surface area contributed by atoms with Crippen molar-refractivity contribution in [1.29, 1.82) is 0 Å². The normalized spacial score (nSPS) is 11.4. The average molecular weight is 284 g/mol. The molecule has 0 aliphatic rings. The molecule has 1 aromatic carbocycles. The Balaban J connectivity index is 2.75. The molecule has 0 aromatic heterocycles. The number of hydrogen-bond acceptors (Lipinski definition) is 5. The molecule has 5 nitrogen and oxygen atoms in total. The van der Waals surface area contributed by atoms with E-state index < -0.39 is 4.92 Å². The van der Waals surface area contributed by atoms with Crippen LogP contribution in [0.1, 0.15) is 19.4 Å². The van der Waals surface area contributed by atoms with Crippen LogP contribution >= 0.6 is 11.8 Å². The van der Waals surface area contributed by atoms with Gasteiger partial charge in [-0.25, -0.2) is 0 Å². The van der Waals surface area contributed by atoms with Crippen LogP contribution in [-0.4, -0.2) is 29.6 Å². The van der Waals surface area contributed by atoms with Crippen LogP contribution in [-0.2, 0) is 6.54 Å². The Labute approximate surface area is 117 Å². The number of nitrogens with one attached hydrogen (secondary N) is 1. The van der Waals surface area contributed by atoms with Gasteiger partial charge in [-0.15, -0.1) is 0 Å². The predicted octanol–water partition coefficient (Wildman–Crippen LogP) is 2.83. The highest BCUT2D eigenvalue weighted by atomic mass is 32.2. The summed E-state index contributed by atoms with van der Waals surface area (Å²) in [7, 11) is 1.57. The lowest BCUT2D eigenvalue weighted by Crippen LogP contribution is -2.31. The first kappa shape index (κ1) is 15.8. The number of nitro groups is 1. The lowest BCUT2D eigenvalue weighted by atomic mass is 10.1. The maximum atomic E-state index is 10.8. The van der Waals surface area contributed by atoms with Crippen LogP contribution < -0.4 is 10.1 Å². The third-order valence-corrected chi connectivity index (χ3v) is 4.14. The molecule has 0 spiro atoms. The number of nitrogens with zero attached hydrogens (tertiary/aromatic N) is 1. The monoisotopic (exact) mass is 284 g/mol. The van der Waals surface area contributed by atoms with Gasteiger partial charge in [0.25, 0.3) is 5.69 Å². The zero-order valence-corrected chi connectivity index (χ0v) is 12.5. The maximum Gasteiger partial charge on any atom is 0.270 e. The van der Waals surface area contributed by atoms with E-state index in [1.165, 1.54) is 6.07 Å². The molecular weight excluding hydrogens is 264 g/mol. The summed E-state index contributed by atoms with van der Waals surface area (Å²) < 4.78 is 5.35. The zero-order valence-electron chi connectivity index (χ0n) is 11.7. The lowest BCUT2D eigenvalue weighted by molar-refractivity contribution is -0.384. The smallest absolute Gasteiger partial charge is 0.270 e. The van der Waals surface area contributed by atoms with Gasteiger partial charge in [-0.1, -0.05) is 0 Å². The van der Waals surface area contributed by atoms with Crippen LogP contribution in [0.4, 0.5) is 5.69 Å². The second kappa shape index (κ2) is 6.77. The molecule has 0 radical (unpaired) electrons. The first-order valence-corrected chi connectivity index (χ1v) is 7.19. The number of methoxy groups -OCH3 is 1. The summed E-state index contributed by atoms with van der Waals surface area (Å²) in [6.07, 6.45) is 2.07. The van der Waals surface area contributed by atoms with Crippen LogP contribution in [0.2, 0.25) is 0 Å². The molecule has 0 heterocycles. The first-order chi connectivity index (χ1) is 8.89. The fourth-order valence-corrected chi connectivity index (χ4v) is 1.83. The van der Waals surface area contributed by atoms with Crippen LogP contribution in [0.15, 0.2) is 18.2 Å². The minimum absolute atomic E-state index is 0.0849. The Morgan fingerprint density at radius 1 is 1.47 bits per heavy atom. The number of rotatable bonds is 7. The third kappa shape index (κ3) is 4.72. The summed E-state index contributed by atoms with van der Waals surface area (Å²) in [6.45, 7) is 5.67. The van der Waals surface area contributed by atoms with Crippen molar-refractivity contribution in [2.24, 2.45) is 0 Å². The topological polar surface area (TPSA) is 64.4 Å². The molecule has 0 amide bonds. The van der Waals surface area contributed by atoms with Gasteiger partial charge in [0.1, 0.15) is 5.75 Å². The highest BCUT2D eigenvalue weighted by Gasteiger charge is 2.16. The Morgan fingerprint density at radius 3 is 2.68 bits per heavy atom. The van der Waals surface area contributed by atoms with Crippen molar-refractivity contribution in [3.63, 3.8) is 0 Å². The summed E-state index contributed by atoms with van der Waals surface area (Å²) in [5.74, 6) is 0.667. The highest BCUT2D eigenvalue weighted by molar-refractivity contribution is 7.99. The number of hydrogen-bond donors (Lipinski definition) is 1. The minimum Gasteiger partial charge on any atom is -0.496 e. The van der Waals surface area contributed by atoms with E-state index in [0.29, 0.717) is 12.3 Å². The molecule has 0 atom stereocenters. The summed E-state index contributed by atoms with van der Waals surface area (Å²) in [4.78, 5) is 10.4. The number of non-ortho nitro benzene ring substituents is 1. The summed E-state index contributed by atoms with van der Waals surface area (Å²) in [5.41, 5.74) is 0.885. The SMILES string of the molecule is COc1ccc([N+](=O)[O-])cc1CNCC(C)(C)SC. The molecule has 0 bridgehead atoms. The van der Waals surface area contributed by atoms with Crippen LogP contribution in [0.25, 0.3) is 0 Å². The fraction of sp³-hybridized carbons (Fsp3) is 0.538. The summed E-state index contributed by atoms with van der Waals surface area (Å²) in [5, 5.41) is 14.1. The second-order valence-corrected chi connectivity index (χ2v) is 6.33. The van der Waals surface area contributed by atoms with Gasteiger partial charge in [-0.3, -0.25) is 10.1 Å². The molecule has 0 saturated heterocycles. The van der Waals surface area contributed by atoms with Crippen LogP contribution in [0.3, 0.4) is 0 Å². The number of nitro benzene ring substituents is 1. The molecule has 106 valence electrons. The third-order valence-electron chi connectivity index (χ3n) is 2.89. The molecule has 1 rings (SSSR count). The van der Waals surface area contributed by atoms with Gasteiger partial charge in [0.2, 0.25) is 0 Å². The van der Waals surface area contributed by atoms with Crippen molar-refractivity contribution >= 4 is 17.4 Å². The Hall–Kier alpha value is -1.27. The molecule has 1 N–H and O–H groups in total. The Kier molecular flexibility index (Phi) is 5.62. The predicted molar refractivity (Wildman–Crippen MR) is 78.9 cm³/mol. The van der Waals surface area contributed by atoms with Gasteiger partial charge in [0, 0.05) is 35.5 Å². The van der Waals surface area contributed by atoms with Crippen LogP contribution in [0, 0.1) is 10.1 Å². The first-order valence-electron chi connectivity index (χ1n) is 5.97. The van der Waals surface area contributed by atoms with E-state index >= 15 is 0 Å². The molecule has 0 unspecified atom stereocenters. The zero-order chi connectivity index (χ0) is 14.5. The fourth-order valence-electron chi connectivity index (χ4n) is 1.59. The largest absolute Gasteiger partial charge is 0.496 e. The summed E-state index contributed by atoms with van der Waals surface area (Å²) >= 11 is 1.78. The number of thioether (sulfide) groups is 1. The van der Waals surface area contributed by atoms with Crippen molar-refractivity contribution in [3.05, 3.63) is 33.9 Å². The Morgan fingerprint density at radius 2 is 2.16 bits per heavy atom. The Bertz CT molecular complexity index is 450. The molecule has 6 heteroatoms. The summed E-state index contributed by atoms with van der Waals surface area (Å²) in [6, 6.07) is 4.64. The van der Waals surface area contributed by atoms with Gasteiger partial charge < -0.3 is 10.1 Å². The highest BCUT2D eigenvalue weighted by Crippen LogP contribution is 2.24. The lowest BCUT2D eigenvalue weighted by Gasteiger charge is -2.22. The second-order valence-electron chi connectivity index (χ2n) is 4.82. The van der Waals surface area contributed by atoms with Crippen molar-refractivity contribution in [1.82, 2.24) is 5.32 Å². The molecule has 19 heavy (non-hydrogen) atoms. The van der Waals surface area contributed by atoms with Crippen LogP contribution in [0.5, 0.6) is 5.75 Å². The van der Waals surface area contributed by atoms with Crippen molar-refractivity contribution in [2.75, 3.05) is 19.9 Å². The van der Waals surface area contributed by atoms with Gasteiger partial charge in [-0.05, 0) is 26.2 Å². The van der Waals surface area contributed by atoms with E-state index in [-0.39, 0.29) is 10.4 Å². The van der Waals surface area contributed by atoms with Gasteiger partial charge in [0.15, 0.2) is 0 Å². The van der Waals surface area contributed by atoms with Gasteiger partial charge >= 0.3 is 0 Å². The van der Waals surface area contributed by atoms with Gasteiger partial charge in [-0.2, -0.15) is 11.8 Å². The van der Waals surface area contributed by atoms with E-state index in [9.17, 15) is 10.1 Å². The molecule has 1 aromatic rings. The van der Waals surface area contributed by atoms with E-state index in [1.807, 2.05) is 0 Å². The van der Waals surface area contributed by atoms with Crippen molar-refractivity contribution in [3.8, 4) is 5.75 Å². The molecule has 0 fully saturated rings. The van der Waals surface area contributed by atoms with Crippen molar-refractivity contribution in [2.45, 2.75) is 25.1 Å². The molecule has 0 aliphatic heterocycles. The van der Waals surface area contributed by atoms with Crippen molar-refractivity contribution < 1.29 is 9.66 Å². The quantitative estimate of drug-likeness (QED) is 0.616. The maximum absolute atomic E-state index is 10.8. The minimum atomic E-state index is -0.394. The molecular formula is C13H20N2O3S. The van der Waals surface area contributed by atoms with E-state index in [4.69, 9.17) is 4.74 Å². The van der Waals surface area contributed by atoms with Gasteiger partial charge in [0.05, 0.1) is 12.0 Å². The molecule has 0 aliphatic carbocycles. The van der Waals surface area contributed by atoms with E-state index in [1.54, 1.807) is 31.0 Å². The number of ether oxygens (including phenoxy) is 1. The molecule has 0 saturated carbocycles.